The first kappa shape index (κ1) is 20.7. The Morgan fingerprint density at radius 1 is 1.00 bits per heavy atom. The van der Waals surface area contributed by atoms with Crippen LogP contribution in [0.3, 0.4) is 0 Å². The van der Waals surface area contributed by atoms with Crippen molar-refractivity contribution in [3.05, 3.63) is 23.3 Å². The maximum absolute atomic E-state index is 11.5. The summed E-state index contributed by atoms with van der Waals surface area (Å²) in [5.74, 6) is 1.67. The molecule has 0 unspecified atom stereocenters. The lowest BCUT2D eigenvalue weighted by Crippen LogP contribution is -2.50. The summed E-state index contributed by atoms with van der Waals surface area (Å²) in [6.45, 7) is 9.92. The number of hydrogen-bond donors (Lipinski definition) is 0. The zero-order valence-electron chi connectivity index (χ0n) is 18.6. The molecule has 0 aliphatic heterocycles. The first-order chi connectivity index (χ1) is 13.6. The number of rotatable bonds is 3. The molecule has 4 aliphatic rings. The summed E-state index contributed by atoms with van der Waals surface area (Å²) >= 11 is 0. The minimum atomic E-state index is -0.193. The summed E-state index contributed by atoms with van der Waals surface area (Å²) in [5, 5.41) is 0. The average Bonchev–Trinajstić information content (AvgIpc) is 2.98. The summed E-state index contributed by atoms with van der Waals surface area (Å²) in [5.41, 5.74) is 3.26. The Morgan fingerprint density at radius 3 is 2.41 bits per heavy atom. The predicted octanol–water partition coefficient (Wildman–Crippen LogP) is 5.37. The standard InChI is InChI=1S/C25H36O4/c1-15(28-16(2)26)21-8-9-22-20-7-6-18-14-19(29-17(3)27)10-12-24(18,4)23(20)11-13-25(21,22)5/h6,8,15,19-20,22-23H,7,9-14H2,1-5H3/t15-,19-,20+,22+,23+,24+,25-/m1/s1. The van der Waals surface area contributed by atoms with Gasteiger partial charge in [-0.2, -0.15) is 0 Å². The van der Waals surface area contributed by atoms with Gasteiger partial charge < -0.3 is 9.47 Å². The van der Waals surface area contributed by atoms with E-state index in [2.05, 4.69) is 26.0 Å². The largest absolute Gasteiger partial charge is 0.462 e. The van der Waals surface area contributed by atoms with Gasteiger partial charge in [0.05, 0.1) is 0 Å². The highest BCUT2D eigenvalue weighted by Gasteiger charge is 2.57. The number of ether oxygens (including phenoxy) is 2. The van der Waals surface area contributed by atoms with Crippen LogP contribution < -0.4 is 0 Å². The fourth-order valence-electron chi connectivity index (χ4n) is 7.51. The smallest absolute Gasteiger partial charge is 0.303 e. The minimum Gasteiger partial charge on any atom is -0.462 e. The number of esters is 2. The molecule has 0 aromatic heterocycles. The first-order valence-electron chi connectivity index (χ1n) is 11.4. The molecule has 7 atom stereocenters. The van der Waals surface area contributed by atoms with Gasteiger partial charge in [0, 0.05) is 20.3 Å². The molecule has 2 fully saturated rings. The number of fused-ring (bicyclic) bond motifs is 5. The molecule has 4 rings (SSSR count). The molecule has 0 bridgehead atoms. The van der Waals surface area contributed by atoms with Crippen molar-refractivity contribution in [2.75, 3.05) is 0 Å². The third-order valence-electron chi connectivity index (χ3n) is 8.81. The Hall–Kier alpha value is -1.58. The molecule has 0 aromatic rings. The molecule has 4 nitrogen and oxygen atoms in total. The zero-order valence-corrected chi connectivity index (χ0v) is 18.6. The molecule has 29 heavy (non-hydrogen) atoms. The minimum absolute atomic E-state index is 0.0570. The highest BCUT2D eigenvalue weighted by atomic mass is 16.5. The van der Waals surface area contributed by atoms with Crippen LogP contribution in [0.25, 0.3) is 0 Å². The van der Waals surface area contributed by atoms with E-state index in [9.17, 15) is 9.59 Å². The molecule has 0 aromatic carbocycles. The monoisotopic (exact) mass is 400 g/mol. The topological polar surface area (TPSA) is 52.6 Å². The SMILES string of the molecule is CC(=O)O[C@@H]1CC[C@@]2(C)C(=CC[C@@H]3[C@@H]2CC[C@]2(C)C([C@@H](C)OC(C)=O)=CC[C@@H]32)C1. The fraction of sp³-hybridized carbons (Fsp3) is 0.760. The quantitative estimate of drug-likeness (QED) is 0.472. The van der Waals surface area contributed by atoms with Crippen molar-refractivity contribution in [1.29, 1.82) is 0 Å². The maximum Gasteiger partial charge on any atom is 0.303 e. The second kappa shape index (κ2) is 7.28. The van der Waals surface area contributed by atoms with E-state index in [1.807, 2.05) is 6.92 Å². The Balaban J connectivity index is 1.55. The van der Waals surface area contributed by atoms with Gasteiger partial charge in [0.1, 0.15) is 12.2 Å². The zero-order chi connectivity index (χ0) is 21.0. The third kappa shape index (κ3) is 3.37. The second-order valence-corrected chi connectivity index (χ2v) is 10.3. The lowest BCUT2D eigenvalue weighted by Gasteiger charge is -2.58. The molecule has 4 heteroatoms. The van der Waals surface area contributed by atoms with Gasteiger partial charge in [-0.15, -0.1) is 0 Å². The molecular weight excluding hydrogens is 364 g/mol. The van der Waals surface area contributed by atoms with Gasteiger partial charge in [-0.3, -0.25) is 9.59 Å². The maximum atomic E-state index is 11.5. The fourth-order valence-corrected chi connectivity index (χ4v) is 7.51. The average molecular weight is 401 g/mol. The van der Waals surface area contributed by atoms with E-state index >= 15 is 0 Å². The normalized spacial score (nSPS) is 41.8. The molecule has 160 valence electrons. The van der Waals surface area contributed by atoms with Crippen molar-refractivity contribution in [3.8, 4) is 0 Å². The molecular formula is C25H36O4. The van der Waals surface area contributed by atoms with Gasteiger partial charge in [-0.1, -0.05) is 31.6 Å². The number of carbonyl (C=O) groups excluding carboxylic acids is 2. The summed E-state index contributed by atoms with van der Waals surface area (Å²) in [4.78, 5) is 22.9. The van der Waals surface area contributed by atoms with Crippen LogP contribution >= 0.6 is 0 Å². The Kier molecular flexibility index (Phi) is 5.19. The second-order valence-electron chi connectivity index (χ2n) is 10.3. The molecule has 0 saturated heterocycles. The summed E-state index contributed by atoms with van der Waals surface area (Å²) in [6.07, 6.45) is 12.4. The molecule has 0 spiro atoms. The molecule has 0 heterocycles. The highest BCUT2D eigenvalue weighted by Crippen LogP contribution is 2.65. The lowest BCUT2D eigenvalue weighted by atomic mass is 9.47. The van der Waals surface area contributed by atoms with Crippen molar-refractivity contribution in [2.45, 2.75) is 91.8 Å². The first-order valence-corrected chi connectivity index (χ1v) is 11.4. The van der Waals surface area contributed by atoms with E-state index < -0.39 is 0 Å². The van der Waals surface area contributed by atoms with Crippen molar-refractivity contribution in [1.82, 2.24) is 0 Å². The van der Waals surface area contributed by atoms with Crippen LogP contribution in [-0.4, -0.2) is 24.1 Å². The Morgan fingerprint density at radius 2 is 1.72 bits per heavy atom. The molecule has 0 amide bonds. The van der Waals surface area contributed by atoms with Gasteiger partial charge in [0.15, 0.2) is 0 Å². The van der Waals surface area contributed by atoms with E-state index in [1.54, 1.807) is 0 Å². The van der Waals surface area contributed by atoms with Gasteiger partial charge in [-0.05, 0) is 79.6 Å². The predicted molar refractivity (Wildman–Crippen MR) is 112 cm³/mol. The molecule has 2 saturated carbocycles. The van der Waals surface area contributed by atoms with Gasteiger partial charge in [-0.25, -0.2) is 0 Å². The highest BCUT2D eigenvalue weighted by molar-refractivity contribution is 5.66. The van der Waals surface area contributed by atoms with Crippen LogP contribution in [0, 0.1) is 28.6 Å². The number of allylic oxidation sites excluding steroid dienone is 2. The van der Waals surface area contributed by atoms with Crippen molar-refractivity contribution >= 4 is 11.9 Å². The van der Waals surface area contributed by atoms with E-state index in [0.717, 1.165) is 32.1 Å². The van der Waals surface area contributed by atoms with Crippen LogP contribution in [0.15, 0.2) is 23.3 Å². The van der Waals surface area contributed by atoms with Gasteiger partial charge in [0.25, 0.3) is 0 Å². The number of carbonyl (C=O) groups is 2. The molecule has 0 radical (unpaired) electrons. The van der Waals surface area contributed by atoms with E-state index in [1.165, 1.54) is 37.8 Å². The Labute approximate surface area is 175 Å². The van der Waals surface area contributed by atoms with Crippen molar-refractivity contribution < 1.29 is 19.1 Å². The van der Waals surface area contributed by atoms with Crippen LogP contribution in [0.2, 0.25) is 0 Å². The third-order valence-corrected chi connectivity index (χ3v) is 8.81. The number of hydrogen-bond acceptors (Lipinski definition) is 4. The molecule has 0 N–H and O–H groups in total. The van der Waals surface area contributed by atoms with Crippen LogP contribution in [0.5, 0.6) is 0 Å². The van der Waals surface area contributed by atoms with E-state index in [-0.39, 0.29) is 35.0 Å². The van der Waals surface area contributed by atoms with Crippen LogP contribution in [0.4, 0.5) is 0 Å². The van der Waals surface area contributed by atoms with Crippen LogP contribution in [-0.2, 0) is 19.1 Å². The van der Waals surface area contributed by atoms with E-state index in [4.69, 9.17) is 9.47 Å². The van der Waals surface area contributed by atoms with Crippen molar-refractivity contribution in [2.24, 2.45) is 28.6 Å². The van der Waals surface area contributed by atoms with Crippen LogP contribution in [0.1, 0.15) is 79.6 Å². The summed E-state index contributed by atoms with van der Waals surface area (Å²) < 4.78 is 11.1. The Bertz CT molecular complexity index is 765. The van der Waals surface area contributed by atoms with Gasteiger partial charge >= 0.3 is 11.9 Å². The molecule has 4 aliphatic carbocycles. The van der Waals surface area contributed by atoms with Gasteiger partial charge in [0.2, 0.25) is 0 Å². The van der Waals surface area contributed by atoms with E-state index in [0.29, 0.717) is 17.8 Å². The summed E-state index contributed by atoms with van der Waals surface area (Å²) in [6, 6.07) is 0. The van der Waals surface area contributed by atoms with Crippen molar-refractivity contribution in [3.63, 3.8) is 0 Å². The summed E-state index contributed by atoms with van der Waals surface area (Å²) in [7, 11) is 0. The lowest BCUT2D eigenvalue weighted by molar-refractivity contribution is -0.149.